The second-order valence-corrected chi connectivity index (χ2v) is 10.8. The minimum Gasteiger partial charge on any atom is -0.419 e. The number of nitrogens with zero attached hydrogens (tertiary/aromatic N) is 3. The van der Waals surface area contributed by atoms with Crippen LogP contribution >= 0.6 is 0 Å². The fourth-order valence-corrected chi connectivity index (χ4v) is 5.08. The summed E-state index contributed by atoms with van der Waals surface area (Å²) >= 11 is 0. The average molecular weight is 428 g/mol. The van der Waals surface area contributed by atoms with Crippen molar-refractivity contribution < 1.29 is 12.8 Å². The van der Waals surface area contributed by atoms with Crippen LogP contribution in [0.15, 0.2) is 45.7 Å². The number of aromatic nitrogens is 2. The summed E-state index contributed by atoms with van der Waals surface area (Å²) in [5, 5.41) is 8.14. The molecule has 0 radical (unpaired) electrons. The monoisotopic (exact) mass is 427 g/mol. The largest absolute Gasteiger partial charge is 0.419 e. The highest BCUT2D eigenvalue weighted by Crippen LogP contribution is 2.27. The lowest BCUT2D eigenvalue weighted by Crippen LogP contribution is -2.28. The van der Waals surface area contributed by atoms with Gasteiger partial charge in [-0.25, -0.2) is 8.42 Å². The highest BCUT2D eigenvalue weighted by molar-refractivity contribution is 7.89. The molecule has 0 saturated heterocycles. The maximum atomic E-state index is 13.1. The summed E-state index contributed by atoms with van der Waals surface area (Å²) in [7, 11) is -2.16. The summed E-state index contributed by atoms with van der Waals surface area (Å²) in [5.41, 5.74) is 4.56. The van der Waals surface area contributed by atoms with E-state index in [1.807, 2.05) is 57.2 Å². The molecule has 0 saturated carbocycles. The van der Waals surface area contributed by atoms with Crippen molar-refractivity contribution in [1.82, 2.24) is 14.5 Å². The molecule has 3 rings (SSSR count). The summed E-state index contributed by atoms with van der Waals surface area (Å²) in [6.45, 7) is 12.0. The number of rotatable bonds is 5. The Morgan fingerprint density at radius 3 is 2.07 bits per heavy atom. The summed E-state index contributed by atoms with van der Waals surface area (Å²) in [6.07, 6.45) is 0. The van der Waals surface area contributed by atoms with E-state index in [1.165, 1.54) is 16.9 Å². The topological polar surface area (TPSA) is 76.3 Å². The Kier molecular flexibility index (Phi) is 5.89. The van der Waals surface area contributed by atoms with Gasteiger partial charge in [0.05, 0.1) is 11.4 Å². The van der Waals surface area contributed by atoms with Gasteiger partial charge in [-0.1, -0.05) is 50.6 Å². The van der Waals surface area contributed by atoms with Crippen LogP contribution in [0.4, 0.5) is 0 Å². The molecule has 6 nitrogen and oxygen atoms in total. The summed E-state index contributed by atoms with van der Waals surface area (Å²) in [5.74, 6) is 0.623. The zero-order valence-corrected chi connectivity index (χ0v) is 19.5. The van der Waals surface area contributed by atoms with Crippen molar-refractivity contribution in [3.8, 4) is 11.5 Å². The van der Waals surface area contributed by atoms with E-state index >= 15 is 0 Å². The third-order valence-corrected chi connectivity index (χ3v) is 7.21. The first kappa shape index (κ1) is 22.2. The molecule has 0 amide bonds. The van der Waals surface area contributed by atoms with Crippen molar-refractivity contribution >= 4 is 10.0 Å². The lowest BCUT2D eigenvalue weighted by molar-refractivity contribution is 0.399. The molecule has 160 valence electrons. The molecule has 0 bridgehead atoms. The zero-order chi connectivity index (χ0) is 22.3. The number of hydrogen-bond acceptors (Lipinski definition) is 5. The molecule has 0 N–H and O–H groups in total. The number of benzene rings is 2. The number of aryl methyl sites for hydroxylation is 3. The minimum atomic E-state index is -3.69. The Balaban J connectivity index is 1.82. The quantitative estimate of drug-likeness (QED) is 0.586. The van der Waals surface area contributed by atoms with Gasteiger partial charge in [0.15, 0.2) is 0 Å². The van der Waals surface area contributed by atoms with Crippen molar-refractivity contribution in [2.45, 2.75) is 58.4 Å². The predicted molar refractivity (Wildman–Crippen MR) is 118 cm³/mol. The Labute approximate surface area is 179 Å². The standard InChI is InChI=1S/C23H29N3O3S/c1-15-12-16(2)21(17(3)13-15)30(27,28)26(7)14-20-24-25-22(29-20)18-8-10-19(11-9-18)23(4,5)6/h8-13H,14H2,1-7H3. The zero-order valence-electron chi connectivity index (χ0n) is 18.6. The van der Waals surface area contributed by atoms with Crippen LogP contribution in [0.5, 0.6) is 0 Å². The molecule has 2 aromatic carbocycles. The van der Waals surface area contributed by atoms with E-state index in [2.05, 4.69) is 31.0 Å². The van der Waals surface area contributed by atoms with Gasteiger partial charge in [0.25, 0.3) is 0 Å². The van der Waals surface area contributed by atoms with E-state index in [0.717, 1.165) is 22.3 Å². The molecule has 0 aliphatic carbocycles. The van der Waals surface area contributed by atoms with Gasteiger partial charge in [0, 0.05) is 12.6 Å². The molecular formula is C23H29N3O3S. The van der Waals surface area contributed by atoms with E-state index in [4.69, 9.17) is 4.42 Å². The highest BCUT2D eigenvalue weighted by atomic mass is 32.2. The van der Waals surface area contributed by atoms with Gasteiger partial charge in [-0.3, -0.25) is 0 Å². The first-order valence-corrected chi connectivity index (χ1v) is 11.3. The van der Waals surface area contributed by atoms with Crippen LogP contribution in [0, 0.1) is 20.8 Å². The maximum Gasteiger partial charge on any atom is 0.247 e. The molecule has 30 heavy (non-hydrogen) atoms. The smallest absolute Gasteiger partial charge is 0.247 e. The Morgan fingerprint density at radius 1 is 0.967 bits per heavy atom. The number of hydrogen-bond donors (Lipinski definition) is 0. The average Bonchev–Trinajstić information content (AvgIpc) is 3.08. The molecule has 7 heteroatoms. The number of sulfonamides is 1. The molecule has 3 aromatic rings. The Morgan fingerprint density at radius 2 is 1.53 bits per heavy atom. The van der Waals surface area contributed by atoms with Crippen molar-refractivity contribution in [2.75, 3.05) is 7.05 Å². The maximum absolute atomic E-state index is 13.1. The molecule has 0 fully saturated rings. The first-order chi connectivity index (χ1) is 13.9. The van der Waals surface area contributed by atoms with Gasteiger partial charge in [-0.05, 0) is 55.0 Å². The molecule has 1 heterocycles. The minimum absolute atomic E-state index is 0.00215. The van der Waals surface area contributed by atoms with Crippen molar-refractivity contribution in [3.05, 3.63) is 64.5 Å². The third-order valence-electron chi connectivity index (χ3n) is 5.10. The van der Waals surface area contributed by atoms with Crippen molar-refractivity contribution in [3.63, 3.8) is 0 Å². The van der Waals surface area contributed by atoms with Gasteiger partial charge in [-0.2, -0.15) is 4.31 Å². The molecule has 0 aliphatic heterocycles. The Bertz CT molecular complexity index is 1130. The molecule has 0 atom stereocenters. The fourth-order valence-electron chi connectivity index (χ4n) is 3.55. The molecule has 1 aromatic heterocycles. The third kappa shape index (κ3) is 4.47. The lowest BCUT2D eigenvalue weighted by atomic mass is 9.87. The lowest BCUT2D eigenvalue weighted by Gasteiger charge is -2.19. The summed E-state index contributed by atoms with van der Waals surface area (Å²) < 4.78 is 33.3. The van der Waals surface area contributed by atoms with E-state index in [9.17, 15) is 8.42 Å². The van der Waals surface area contributed by atoms with Crippen LogP contribution in [0.3, 0.4) is 0 Å². The van der Waals surface area contributed by atoms with E-state index in [0.29, 0.717) is 10.8 Å². The van der Waals surface area contributed by atoms with Crippen LogP contribution < -0.4 is 0 Å². The second-order valence-electron chi connectivity index (χ2n) is 8.82. The van der Waals surface area contributed by atoms with Crippen LogP contribution in [0.2, 0.25) is 0 Å². The van der Waals surface area contributed by atoms with Gasteiger partial charge in [0.1, 0.15) is 0 Å². The Hall–Kier alpha value is -2.51. The van der Waals surface area contributed by atoms with Gasteiger partial charge in [-0.15, -0.1) is 10.2 Å². The van der Waals surface area contributed by atoms with E-state index < -0.39 is 10.0 Å². The molecular weight excluding hydrogens is 398 g/mol. The predicted octanol–water partition coefficient (Wildman–Crippen LogP) is 4.78. The fraction of sp³-hybridized carbons (Fsp3) is 0.391. The van der Waals surface area contributed by atoms with E-state index in [-0.39, 0.29) is 17.9 Å². The van der Waals surface area contributed by atoms with Crippen LogP contribution in [-0.4, -0.2) is 30.0 Å². The van der Waals surface area contributed by atoms with Crippen LogP contribution in [-0.2, 0) is 22.0 Å². The van der Waals surface area contributed by atoms with Gasteiger partial charge < -0.3 is 4.42 Å². The van der Waals surface area contributed by atoms with Crippen LogP contribution in [0.25, 0.3) is 11.5 Å². The van der Waals surface area contributed by atoms with Crippen molar-refractivity contribution in [1.29, 1.82) is 0 Å². The SMILES string of the molecule is Cc1cc(C)c(S(=O)(=O)N(C)Cc2nnc(-c3ccc(C(C)(C)C)cc3)o2)c(C)c1. The highest BCUT2D eigenvalue weighted by Gasteiger charge is 2.26. The normalized spacial score (nSPS) is 12.5. The molecule has 0 spiro atoms. The summed E-state index contributed by atoms with van der Waals surface area (Å²) in [4.78, 5) is 0.327. The molecule has 0 unspecified atom stereocenters. The van der Waals surface area contributed by atoms with E-state index in [1.54, 1.807) is 0 Å². The second kappa shape index (κ2) is 7.96. The first-order valence-electron chi connectivity index (χ1n) is 9.87. The van der Waals surface area contributed by atoms with Gasteiger partial charge >= 0.3 is 0 Å². The van der Waals surface area contributed by atoms with Gasteiger partial charge in [0.2, 0.25) is 21.8 Å². The molecule has 0 aliphatic rings. The summed E-state index contributed by atoms with van der Waals surface area (Å²) in [6, 6.07) is 11.7. The van der Waals surface area contributed by atoms with Crippen molar-refractivity contribution in [2.24, 2.45) is 0 Å². The van der Waals surface area contributed by atoms with Crippen LogP contribution in [0.1, 0.15) is 48.9 Å².